The van der Waals surface area contributed by atoms with Crippen molar-refractivity contribution in [3.63, 3.8) is 0 Å². The average molecular weight is 310 g/mol. The molecule has 2 aromatic heterocycles. The highest BCUT2D eigenvalue weighted by Gasteiger charge is 2.21. The lowest BCUT2D eigenvalue weighted by Gasteiger charge is -2.20. The van der Waals surface area contributed by atoms with Crippen LogP contribution in [0.15, 0.2) is 72.8 Å². The van der Waals surface area contributed by atoms with Gasteiger partial charge >= 0.3 is 0 Å². The summed E-state index contributed by atoms with van der Waals surface area (Å²) in [6.45, 7) is 0.532. The molecule has 0 amide bonds. The molecule has 0 saturated carbocycles. The summed E-state index contributed by atoms with van der Waals surface area (Å²) in [5.41, 5.74) is 5.84. The van der Waals surface area contributed by atoms with Crippen molar-refractivity contribution < 1.29 is 4.74 Å². The SMILES string of the molecule is c1ccc(-c2ccc3c(n2)-c2nc4ccccc4cc2OC3)cc1. The summed E-state index contributed by atoms with van der Waals surface area (Å²) in [5.74, 6) is 0.805. The van der Waals surface area contributed by atoms with Gasteiger partial charge in [-0.15, -0.1) is 0 Å². The predicted molar refractivity (Wildman–Crippen MR) is 94.7 cm³/mol. The van der Waals surface area contributed by atoms with Crippen LogP contribution in [0.5, 0.6) is 5.75 Å². The molecule has 0 N–H and O–H groups in total. The zero-order valence-corrected chi connectivity index (χ0v) is 12.9. The summed E-state index contributed by atoms with van der Waals surface area (Å²) >= 11 is 0. The second kappa shape index (κ2) is 5.17. The maximum absolute atomic E-state index is 5.90. The number of ether oxygens (including phenoxy) is 1. The van der Waals surface area contributed by atoms with E-state index in [9.17, 15) is 0 Å². The molecule has 3 heterocycles. The van der Waals surface area contributed by atoms with Gasteiger partial charge in [-0.05, 0) is 18.2 Å². The number of hydrogen-bond donors (Lipinski definition) is 0. The first-order valence-corrected chi connectivity index (χ1v) is 7.97. The highest BCUT2D eigenvalue weighted by Crippen LogP contribution is 2.37. The second-order valence-corrected chi connectivity index (χ2v) is 5.89. The summed E-state index contributed by atoms with van der Waals surface area (Å²) in [5, 5.41) is 1.08. The van der Waals surface area contributed by atoms with Crippen molar-refractivity contribution in [3.8, 4) is 28.4 Å². The summed E-state index contributed by atoms with van der Waals surface area (Å²) in [6.07, 6.45) is 0. The van der Waals surface area contributed by atoms with Gasteiger partial charge in [0.05, 0.1) is 16.9 Å². The van der Waals surface area contributed by atoms with Gasteiger partial charge in [0.15, 0.2) is 0 Å². The lowest BCUT2D eigenvalue weighted by atomic mass is 10.0. The number of benzene rings is 2. The fraction of sp³-hybridized carbons (Fsp3) is 0.0476. The van der Waals surface area contributed by atoms with Crippen LogP contribution in [0, 0.1) is 0 Å². The molecule has 0 aliphatic carbocycles. The van der Waals surface area contributed by atoms with Crippen LogP contribution in [0.25, 0.3) is 33.5 Å². The third-order valence-corrected chi connectivity index (χ3v) is 4.34. The molecule has 24 heavy (non-hydrogen) atoms. The van der Waals surface area contributed by atoms with Crippen molar-refractivity contribution in [3.05, 3.63) is 78.4 Å². The van der Waals surface area contributed by atoms with E-state index in [0.29, 0.717) is 6.61 Å². The molecule has 0 saturated heterocycles. The van der Waals surface area contributed by atoms with E-state index in [-0.39, 0.29) is 0 Å². The van der Waals surface area contributed by atoms with E-state index in [1.54, 1.807) is 0 Å². The quantitative estimate of drug-likeness (QED) is 0.504. The lowest BCUT2D eigenvalue weighted by Crippen LogP contribution is -2.09. The normalized spacial score (nSPS) is 12.3. The number of fused-ring (bicyclic) bond motifs is 4. The second-order valence-electron chi connectivity index (χ2n) is 5.89. The van der Waals surface area contributed by atoms with Gasteiger partial charge in [0.2, 0.25) is 0 Å². The molecular weight excluding hydrogens is 296 g/mol. The Morgan fingerprint density at radius 3 is 2.50 bits per heavy atom. The summed E-state index contributed by atoms with van der Waals surface area (Å²) in [4.78, 5) is 9.69. The topological polar surface area (TPSA) is 35.0 Å². The highest BCUT2D eigenvalue weighted by atomic mass is 16.5. The highest BCUT2D eigenvalue weighted by molar-refractivity contribution is 5.85. The van der Waals surface area contributed by atoms with Crippen LogP contribution >= 0.6 is 0 Å². The molecule has 0 spiro atoms. The van der Waals surface area contributed by atoms with Gasteiger partial charge in [-0.3, -0.25) is 0 Å². The van der Waals surface area contributed by atoms with Gasteiger partial charge in [0.1, 0.15) is 18.1 Å². The number of para-hydroxylation sites is 1. The van der Waals surface area contributed by atoms with Gasteiger partial charge in [-0.1, -0.05) is 54.6 Å². The Hall–Kier alpha value is -3.20. The summed E-state index contributed by atoms with van der Waals surface area (Å²) < 4.78 is 5.90. The standard InChI is InChI=1S/C21H14N2O/c1-2-6-14(7-3-1)18-11-10-16-13-24-19-12-15-8-4-5-9-17(15)23-21(19)20(16)22-18/h1-12H,13H2. The Kier molecular flexibility index (Phi) is 2.85. The minimum atomic E-state index is 0.532. The molecule has 0 atom stereocenters. The number of rotatable bonds is 1. The van der Waals surface area contributed by atoms with Gasteiger partial charge in [-0.25, -0.2) is 9.97 Å². The maximum atomic E-state index is 5.90. The van der Waals surface area contributed by atoms with Crippen LogP contribution in [0.1, 0.15) is 5.56 Å². The fourth-order valence-electron chi connectivity index (χ4n) is 3.11. The number of aromatic nitrogens is 2. The molecule has 0 fully saturated rings. The van der Waals surface area contributed by atoms with Crippen molar-refractivity contribution in [2.75, 3.05) is 0 Å². The number of nitrogens with zero attached hydrogens (tertiary/aromatic N) is 2. The zero-order valence-electron chi connectivity index (χ0n) is 12.9. The number of pyridine rings is 2. The maximum Gasteiger partial charge on any atom is 0.148 e. The van der Waals surface area contributed by atoms with Crippen molar-refractivity contribution in [2.45, 2.75) is 6.61 Å². The minimum Gasteiger partial charge on any atom is -0.486 e. The van der Waals surface area contributed by atoms with E-state index in [0.717, 1.165) is 44.9 Å². The number of hydrogen-bond acceptors (Lipinski definition) is 3. The molecule has 1 aliphatic heterocycles. The van der Waals surface area contributed by atoms with Crippen LogP contribution in [-0.4, -0.2) is 9.97 Å². The predicted octanol–water partition coefficient (Wildman–Crippen LogP) is 4.86. The molecule has 0 radical (unpaired) electrons. The fourth-order valence-corrected chi connectivity index (χ4v) is 3.11. The molecule has 114 valence electrons. The first-order valence-electron chi connectivity index (χ1n) is 7.97. The van der Waals surface area contributed by atoms with E-state index >= 15 is 0 Å². The molecule has 0 bridgehead atoms. The van der Waals surface area contributed by atoms with Crippen LogP contribution in [0.2, 0.25) is 0 Å². The van der Waals surface area contributed by atoms with Crippen LogP contribution in [0.3, 0.4) is 0 Å². The van der Waals surface area contributed by atoms with E-state index in [2.05, 4.69) is 30.3 Å². The molecule has 3 nitrogen and oxygen atoms in total. The smallest absolute Gasteiger partial charge is 0.148 e. The van der Waals surface area contributed by atoms with Crippen LogP contribution in [0.4, 0.5) is 0 Å². The molecule has 3 heteroatoms. The van der Waals surface area contributed by atoms with Gasteiger partial charge in [0, 0.05) is 16.5 Å². The average Bonchev–Trinajstić information content (AvgIpc) is 2.66. The molecule has 4 aromatic rings. The Morgan fingerprint density at radius 1 is 0.750 bits per heavy atom. The first-order chi connectivity index (χ1) is 11.9. The third kappa shape index (κ3) is 2.06. The van der Waals surface area contributed by atoms with Gasteiger partial charge < -0.3 is 4.74 Å². The monoisotopic (exact) mass is 310 g/mol. The Bertz CT molecular complexity index is 1060. The van der Waals surface area contributed by atoms with Crippen molar-refractivity contribution in [1.29, 1.82) is 0 Å². The van der Waals surface area contributed by atoms with Crippen molar-refractivity contribution in [2.24, 2.45) is 0 Å². The summed E-state index contributed by atoms with van der Waals surface area (Å²) in [7, 11) is 0. The zero-order chi connectivity index (χ0) is 15.9. The lowest BCUT2D eigenvalue weighted by molar-refractivity contribution is 0.300. The van der Waals surface area contributed by atoms with Crippen LogP contribution in [-0.2, 0) is 6.61 Å². The Morgan fingerprint density at radius 2 is 1.58 bits per heavy atom. The van der Waals surface area contributed by atoms with Crippen molar-refractivity contribution >= 4 is 10.9 Å². The molecular formula is C21H14N2O. The summed E-state index contributed by atoms with van der Waals surface area (Å²) in [6, 6.07) is 24.5. The van der Waals surface area contributed by atoms with E-state index in [1.807, 2.05) is 42.5 Å². The molecule has 0 unspecified atom stereocenters. The Labute approximate surface area is 139 Å². The molecule has 1 aliphatic rings. The van der Waals surface area contributed by atoms with E-state index < -0.39 is 0 Å². The molecule has 5 rings (SSSR count). The van der Waals surface area contributed by atoms with Crippen LogP contribution < -0.4 is 4.74 Å². The Balaban J connectivity index is 1.73. The van der Waals surface area contributed by atoms with Crippen molar-refractivity contribution in [1.82, 2.24) is 9.97 Å². The largest absolute Gasteiger partial charge is 0.486 e. The first kappa shape index (κ1) is 13.3. The van der Waals surface area contributed by atoms with E-state index in [1.165, 1.54) is 0 Å². The van der Waals surface area contributed by atoms with Gasteiger partial charge in [0.25, 0.3) is 0 Å². The van der Waals surface area contributed by atoms with Gasteiger partial charge in [-0.2, -0.15) is 0 Å². The molecule has 2 aromatic carbocycles. The minimum absolute atomic E-state index is 0.532. The van der Waals surface area contributed by atoms with E-state index in [4.69, 9.17) is 14.7 Å². The third-order valence-electron chi connectivity index (χ3n) is 4.34.